The second-order valence-corrected chi connectivity index (χ2v) is 4.57. The van der Waals surface area contributed by atoms with Crippen molar-refractivity contribution in [1.82, 2.24) is 5.32 Å². The smallest absolute Gasteiger partial charge is 0.407 e. The molecule has 2 aromatic carbocycles. The molecular weight excluding hydrogens is 270 g/mol. The highest BCUT2D eigenvalue weighted by Crippen LogP contribution is 2.35. The molecule has 5 nitrogen and oxygen atoms in total. The zero-order chi connectivity index (χ0) is 14.5. The highest BCUT2D eigenvalue weighted by atomic mass is 16.7. The van der Waals surface area contributed by atoms with Crippen LogP contribution < -0.4 is 14.8 Å². The van der Waals surface area contributed by atoms with Gasteiger partial charge in [0.15, 0.2) is 11.5 Å². The number of fused-ring (bicyclic) bond motifs is 1. The molecule has 1 aliphatic rings. The zero-order valence-electron chi connectivity index (χ0n) is 11.4. The molecule has 0 aliphatic carbocycles. The van der Waals surface area contributed by atoms with Crippen molar-refractivity contribution in [2.45, 2.75) is 13.2 Å². The second-order valence-electron chi connectivity index (χ2n) is 4.57. The molecule has 3 rings (SSSR count). The van der Waals surface area contributed by atoms with Crippen LogP contribution in [0.3, 0.4) is 0 Å². The van der Waals surface area contributed by atoms with Crippen LogP contribution in [-0.4, -0.2) is 12.9 Å². The first-order valence-electron chi connectivity index (χ1n) is 6.65. The minimum absolute atomic E-state index is 0.213. The largest absolute Gasteiger partial charge is 0.454 e. The van der Waals surface area contributed by atoms with Crippen molar-refractivity contribution < 1.29 is 19.0 Å². The maximum Gasteiger partial charge on any atom is 0.407 e. The van der Waals surface area contributed by atoms with E-state index in [0.717, 1.165) is 11.1 Å². The van der Waals surface area contributed by atoms with Gasteiger partial charge >= 0.3 is 6.09 Å². The van der Waals surface area contributed by atoms with E-state index in [1.54, 1.807) is 0 Å². The van der Waals surface area contributed by atoms with Crippen LogP contribution >= 0.6 is 0 Å². The minimum atomic E-state index is -0.463. The lowest BCUT2D eigenvalue weighted by atomic mass is 10.2. The number of alkyl carbamates (subject to hydrolysis) is 1. The van der Waals surface area contributed by atoms with Gasteiger partial charge in [0, 0.05) is 12.1 Å². The van der Waals surface area contributed by atoms with Gasteiger partial charge in [0.1, 0.15) is 6.61 Å². The molecule has 0 spiro atoms. The molecule has 0 saturated carbocycles. The van der Waals surface area contributed by atoms with E-state index in [0.29, 0.717) is 18.0 Å². The first-order chi connectivity index (χ1) is 10.3. The Bertz CT molecular complexity index is 627. The van der Waals surface area contributed by atoms with Gasteiger partial charge in [-0.05, 0) is 11.6 Å². The van der Waals surface area contributed by atoms with Gasteiger partial charge in [-0.25, -0.2) is 4.79 Å². The predicted molar refractivity (Wildman–Crippen MR) is 76.0 cm³/mol. The molecule has 0 fully saturated rings. The Hall–Kier alpha value is -2.69. The van der Waals surface area contributed by atoms with Gasteiger partial charge < -0.3 is 19.5 Å². The van der Waals surface area contributed by atoms with Crippen molar-refractivity contribution in [3.63, 3.8) is 0 Å². The SMILES string of the molecule is O=C(NCc1cccc2c1OCO2)OCc1ccccc1. The Kier molecular flexibility index (Phi) is 3.91. The Morgan fingerprint density at radius 3 is 2.81 bits per heavy atom. The van der Waals surface area contributed by atoms with E-state index in [4.69, 9.17) is 14.2 Å². The van der Waals surface area contributed by atoms with E-state index in [1.165, 1.54) is 0 Å². The Morgan fingerprint density at radius 2 is 1.95 bits per heavy atom. The van der Waals surface area contributed by atoms with Gasteiger partial charge in [0.2, 0.25) is 6.79 Å². The molecule has 2 aromatic rings. The van der Waals surface area contributed by atoms with Gasteiger partial charge in [0.05, 0.1) is 0 Å². The lowest BCUT2D eigenvalue weighted by Gasteiger charge is -2.08. The van der Waals surface area contributed by atoms with E-state index in [9.17, 15) is 4.79 Å². The molecule has 21 heavy (non-hydrogen) atoms. The summed E-state index contributed by atoms with van der Waals surface area (Å²) in [6.07, 6.45) is -0.463. The summed E-state index contributed by atoms with van der Waals surface area (Å²) in [4.78, 5) is 11.7. The quantitative estimate of drug-likeness (QED) is 0.938. The van der Waals surface area contributed by atoms with E-state index >= 15 is 0 Å². The van der Waals surface area contributed by atoms with Crippen LogP contribution in [0.2, 0.25) is 0 Å². The van der Waals surface area contributed by atoms with E-state index in [1.807, 2.05) is 48.5 Å². The van der Waals surface area contributed by atoms with Crippen LogP contribution in [0.1, 0.15) is 11.1 Å². The predicted octanol–water partition coefficient (Wildman–Crippen LogP) is 2.84. The first-order valence-corrected chi connectivity index (χ1v) is 6.65. The summed E-state index contributed by atoms with van der Waals surface area (Å²) >= 11 is 0. The summed E-state index contributed by atoms with van der Waals surface area (Å²) in [6, 6.07) is 15.1. The van der Waals surface area contributed by atoms with Crippen molar-refractivity contribution in [2.24, 2.45) is 0 Å². The summed E-state index contributed by atoms with van der Waals surface area (Å²) in [7, 11) is 0. The fourth-order valence-corrected chi connectivity index (χ4v) is 2.07. The van der Waals surface area contributed by atoms with Gasteiger partial charge in [-0.1, -0.05) is 42.5 Å². The number of carbonyl (C=O) groups is 1. The number of para-hydroxylation sites is 1. The van der Waals surface area contributed by atoms with E-state index in [-0.39, 0.29) is 13.4 Å². The summed E-state index contributed by atoms with van der Waals surface area (Å²) < 4.78 is 15.8. The number of hydrogen-bond acceptors (Lipinski definition) is 4. The van der Waals surface area contributed by atoms with Crippen LogP contribution in [0.15, 0.2) is 48.5 Å². The monoisotopic (exact) mass is 285 g/mol. The maximum atomic E-state index is 11.7. The summed E-state index contributed by atoms with van der Waals surface area (Å²) in [5, 5.41) is 2.70. The fourth-order valence-electron chi connectivity index (χ4n) is 2.07. The number of rotatable bonds is 4. The van der Waals surface area contributed by atoms with Crippen LogP contribution in [-0.2, 0) is 17.9 Å². The van der Waals surface area contributed by atoms with Gasteiger partial charge in [-0.15, -0.1) is 0 Å². The van der Waals surface area contributed by atoms with Crippen molar-refractivity contribution >= 4 is 6.09 Å². The average Bonchev–Trinajstić information content (AvgIpc) is 3.01. The Labute approximate surface area is 122 Å². The van der Waals surface area contributed by atoms with Crippen LogP contribution in [0.25, 0.3) is 0 Å². The van der Waals surface area contributed by atoms with E-state index in [2.05, 4.69) is 5.32 Å². The third-order valence-corrected chi connectivity index (χ3v) is 3.11. The number of benzene rings is 2. The molecule has 5 heteroatoms. The molecule has 0 radical (unpaired) electrons. The topological polar surface area (TPSA) is 56.8 Å². The molecule has 0 bridgehead atoms. The lowest BCUT2D eigenvalue weighted by molar-refractivity contribution is 0.139. The summed E-state index contributed by atoms with van der Waals surface area (Å²) in [5.41, 5.74) is 1.81. The highest BCUT2D eigenvalue weighted by Gasteiger charge is 2.17. The van der Waals surface area contributed by atoms with Gasteiger partial charge in [-0.3, -0.25) is 0 Å². The minimum Gasteiger partial charge on any atom is -0.454 e. The van der Waals surface area contributed by atoms with Crippen molar-refractivity contribution in [1.29, 1.82) is 0 Å². The first kappa shape index (κ1) is 13.3. The molecule has 0 saturated heterocycles. The number of ether oxygens (including phenoxy) is 3. The second kappa shape index (κ2) is 6.17. The summed E-state index contributed by atoms with van der Waals surface area (Å²) in [6.45, 7) is 0.796. The molecule has 0 aromatic heterocycles. The zero-order valence-corrected chi connectivity index (χ0v) is 11.4. The van der Waals surface area contributed by atoms with Crippen LogP contribution in [0, 0.1) is 0 Å². The maximum absolute atomic E-state index is 11.7. The Balaban J connectivity index is 1.51. The summed E-state index contributed by atoms with van der Waals surface area (Å²) in [5.74, 6) is 1.38. The number of hydrogen-bond donors (Lipinski definition) is 1. The molecule has 1 amide bonds. The molecule has 1 N–H and O–H groups in total. The molecule has 1 heterocycles. The van der Waals surface area contributed by atoms with Crippen molar-refractivity contribution in [2.75, 3.05) is 6.79 Å². The normalized spacial score (nSPS) is 12.0. The molecule has 1 aliphatic heterocycles. The fraction of sp³-hybridized carbons (Fsp3) is 0.188. The van der Waals surface area contributed by atoms with Crippen LogP contribution in [0.4, 0.5) is 4.79 Å². The van der Waals surface area contributed by atoms with Gasteiger partial charge in [0.25, 0.3) is 0 Å². The third-order valence-electron chi connectivity index (χ3n) is 3.11. The molecular formula is C16H15NO4. The lowest BCUT2D eigenvalue weighted by Crippen LogP contribution is -2.23. The standard InChI is InChI=1S/C16H15NO4/c18-16(19-10-12-5-2-1-3-6-12)17-9-13-7-4-8-14-15(13)21-11-20-14/h1-8H,9-11H2,(H,17,18). The number of amides is 1. The Morgan fingerprint density at radius 1 is 1.10 bits per heavy atom. The third kappa shape index (κ3) is 3.25. The molecule has 0 atom stereocenters. The number of carbonyl (C=O) groups excluding carboxylic acids is 1. The van der Waals surface area contributed by atoms with E-state index < -0.39 is 6.09 Å². The van der Waals surface area contributed by atoms with Gasteiger partial charge in [-0.2, -0.15) is 0 Å². The molecule has 0 unspecified atom stereocenters. The average molecular weight is 285 g/mol. The number of nitrogens with one attached hydrogen (secondary N) is 1. The van der Waals surface area contributed by atoms with Crippen molar-refractivity contribution in [3.8, 4) is 11.5 Å². The van der Waals surface area contributed by atoms with Crippen molar-refractivity contribution in [3.05, 3.63) is 59.7 Å². The highest BCUT2D eigenvalue weighted by molar-refractivity contribution is 5.67. The van der Waals surface area contributed by atoms with Crippen LogP contribution in [0.5, 0.6) is 11.5 Å². The molecule has 108 valence electrons.